The number of Topliss-reactive ketones (excluding diaryl/α,β-unsaturated/α-hetero) is 1. The smallest absolute Gasteiger partial charge is 0.336 e. The fourth-order valence-corrected chi connectivity index (χ4v) is 5.54. The van der Waals surface area contributed by atoms with Gasteiger partial charge in [0.15, 0.2) is 5.78 Å². The maximum atomic E-state index is 13.8. The monoisotopic (exact) mass is 523 g/mol. The zero-order valence-electron chi connectivity index (χ0n) is 22.5. The Bertz CT molecular complexity index is 1400. The molecule has 0 radical (unpaired) electrons. The molecule has 0 aromatic heterocycles. The van der Waals surface area contributed by atoms with Crippen molar-refractivity contribution < 1.29 is 23.8 Å². The van der Waals surface area contributed by atoms with E-state index in [0.29, 0.717) is 41.9 Å². The van der Waals surface area contributed by atoms with Crippen molar-refractivity contribution in [3.8, 4) is 11.5 Å². The molecular formula is C33H33NO5. The van der Waals surface area contributed by atoms with Crippen LogP contribution in [0.4, 0.5) is 0 Å². The van der Waals surface area contributed by atoms with E-state index in [-0.39, 0.29) is 18.3 Å². The van der Waals surface area contributed by atoms with E-state index in [0.717, 1.165) is 28.1 Å². The Kier molecular flexibility index (Phi) is 7.82. The van der Waals surface area contributed by atoms with E-state index in [2.05, 4.69) is 5.32 Å². The van der Waals surface area contributed by atoms with Gasteiger partial charge in [0, 0.05) is 35.7 Å². The van der Waals surface area contributed by atoms with Gasteiger partial charge in [-0.3, -0.25) is 4.79 Å². The highest BCUT2D eigenvalue weighted by molar-refractivity contribution is 6.04. The molecule has 200 valence electrons. The lowest BCUT2D eigenvalue weighted by Crippen LogP contribution is -2.36. The van der Waals surface area contributed by atoms with Gasteiger partial charge < -0.3 is 19.5 Å². The van der Waals surface area contributed by atoms with E-state index in [9.17, 15) is 9.59 Å². The van der Waals surface area contributed by atoms with Crippen molar-refractivity contribution >= 4 is 11.8 Å². The number of methoxy groups -OCH3 is 2. The molecule has 0 amide bonds. The van der Waals surface area contributed by atoms with Gasteiger partial charge in [0.25, 0.3) is 0 Å². The third kappa shape index (κ3) is 5.60. The minimum atomic E-state index is -0.513. The number of rotatable bonds is 8. The maximum absolute atomic E-state index is 13.8. The summed E-state index contributed by atoms with van der Waals surface area (Å²) in [7, 11) is 3.25. The highest BCUT2D eigenvalue weighted by Crippen LogP contribution is 2.46. The first-order valence-electron chi connectivity index (χ1n) is 13.2. The molecule has 6 heteroatoms. The number of carbonyl (C=O) groups is 2. The van der Waals surface area contributed by atoms with Gasteiger partial charge in [0.1, 0.15) is 11.5 Å². The van der Waals surface area contributed by atoms with Gasteiger partial charge >= 0.3 is 5.97 Å². The predicted molar refractivity (Wildman–Crippen MR) is 150 cm³/mol. The third-order valence-electron chi connectivity index (χ3n) is 7.55. The van der Waals surface area contributed by atoms with E-state index in [1.165, 1.54) is 0 Å². The molecule has 3 aromatic carbocycles. The van der Waals surface area contributed by atoms with Crippen LogP contribution < -0.4 is 14.8 Å². The van der Waals surface area contributed by atoms with Crippen LogP contribution in [-0.2, 0) is 20.7 Å². The van der Waals surface area contributed by atoms with Crippen molar-refractivity contribution in [1.82, 2.24) is 5.32 Å². The third-order valence-corrected chi connectivity index (χ3v) is 7.55. The maximum Gasteiger partial charge on any atom is 0.336 e. The first kappa shape index (κ1) is 26.3. The summed E-state index contributed by atoms with van der Waals surface area (Å²) in [6.07, 6.45) is 1.67. The molecule has 2 atom stereocenters. The molecule has 0 bridgehead atoms. The van der Waals surface area contributed by atoms with Gasteiger partial charge in [0.2, 0.25) is 0 Å². The summed E-state index contributed by atoms with van der Waals surface area (Å²) < 4.78 is 16.4. The normalized spacial score (nSPS) is 18.8. The number of esters is 1. The van der Waals surface area contributed by atoms with Gasteiger partial charge in [-0.05, 0) is 60.2 Å². The van der Waals surface area contributed by atoms with E-state index in [4.69, 9.17) is 14.2 Å². The molecule has 6 nitrogen and oxygen atoms in total. The highest BCUT2D eigenvalue weighted by Gasteiger charge is 2.41. The molecule has 1 heterocycles. The average molecular weight is 524 g/mol. The topological polar surface area (TPSA) is 73.9 Å². The second kappa shape index (κ2) is 11.6. The quantitative estimate of drug-likeness (QED) is 0.374. The minimum absolute atomic E-state index is 0.0347. The number of ether oxygens (including phenoxy) is 3. The lowest BCUT2D eigenvalue weighted by Gasteiger charge is -2.36. The van der Waals surface area contributed by atoms with Crippen molar-refractivity contribution in [1.29, 1.82) is 0 Å². The van der Waals surface area contributed by atoms with Gasteiger partial charge in [-0.2, -0.15) is 0 Å². The van der Waals surface area contributed by atoms with Crippen molar-refractivity contribution in [2.75, 3.05) is 20.8 Å². The summed E-state index contributed by atoms with van der Waals surface area (Å²) in [6.45, 7) is 2.14. The van der Waals surface area contributed by atoms with Crippen LogP contribution in [0.25, 0.3) is 0 Å². The first-order valence-corrected chi connectivity index (χ1v) is 13.2. The Labute approximate surface area is 229 Å². The summed E-state index contributed by atoms with van der Waals surface area (Å²) in [5, 5.41) is 3.42. The number of ketones is 1. The van der Waals surface area contributed by atoms with Crippen molar-refractivity contribution in [2.24, 2.45) is 0 Å². The van der Waals surface area contributed by atoms with Crippen LogP contribution in [0.2, 0.25) is 0 Å². The van der Waals surface area contributed by atoms with Crippen molar-refractivity contribution in [3.05, 3.63) is 118 Å². The molecule has 39 heavy (non-hydrogen) atoms. The molecule has 0 fully saturated rings. The zero-order chi connectivity index (χ0) is 27.4. The largest absolute Gasteiger partial charge is 0.497 e. The Morgan fingerprint density at radius 1 is 0.846 bits per heavy atom. The standard InChI is InChI=1S/C33H33NO5/c1-21-30(33(36)39-18-17-22-7-5-4-6-8-22)31(24-11-15-27(38-3)16-12-24)32-28(34-21)19-25(20-29(32)35)23-9-13-26(37-2)14-10-23/h4-16,25,31,34H,17-20H2,1-3H3/t25-,31+/m0/s1. The summed E-state index contributed by atoms with van der Waals surface area (Å²) >= 11 is 0. The summed E-state index contributed by atoms with van der Waals surface area (Å²) in [5.41, 5.74) is 5.74. The second-order valence-electron chi connectivity index (χ2n) is 9.94. The molecule has 2 aliphatic rings. The van der Waals surface area contributed by atoms with Crippen molar-refractivity contribution in [2.45, 2.75) is 38.0 Å². The summed E-state index contributed by atoms with van der Waals surface area (Å²) in [5.74, 6) is 0.648. The van der Waals surface area contributed by atoms with Gasteiger partial charge in [-0.15, -0.1) is 0 Å². The van der Waals surface area contributed by atoms with E-state index < -0.39 is 11.9 Å². The predicted octanol–water partition coefficient (Wildman–Crippen LogP) is 5.85. The molecule has 0 saturated heterocycles. The van der Waals surface area contributed by atoms with Crippen LogP contribution in [0.5, 0.6) is 11.5 Å². The molecule has 1 aliphatic carbocycles. The minimum Gasteiger partial charge on any atom is -0.497 e. The second-order valence-corrected chi connectivity index (χ2v) is 9.94. The Morgan fingerprint density at radius 3 is 2.08 bits per heavy atom. The number of hydrogen-bond donors (Lipinski definition) is 1. The van der Waals surface area contributed by atoms with Crippen LogP contribution in [0.1, 0.15) is 48.3 Å². The Hall–Kier alpha value is -4.32. The lowest BCUT2D eigenvalue weighted by atomic mass is 9.71. The number of benzene rings is 3. The van der Waals surface area contributed by atoms with Gasteiger partial charge in [0.05, 0.1) is 26.4 Å². The first-order chi connectivity index (χ1) is 19.0. The highest BCUT2D eigenvalue weighted by atomic mass is 16.5. The van der Waals surface area contributed by atoms with Gasteiger partial charge in [-0.25, -0.2) is 4.79 Å². The summed E-state index contributed by atoms with van der Waals surface area (Å²) in [4.78, 5) is 27.3. The molecule has 1 N–H and O–H groups in total. The van der Waals surface area contributed by atoms with E-state index in [1.807, 2.05) is 85.8 Å². The molecule has 5 rings (SSSR count). The SMILES string of the molecule is COc1ccc([C@@H]2CC(=O)C3=C(C2)NC(C)=C(C(=O)OCCc2ccccc2)[C@H]3c2ccc(OC)cc2)cc1. The molecule has 0 unspecified atom stereocenters. The number of nitrogens with one attached hydrogen (secondary N) is 1. The Morgan fingerprint density at radius 2 is 1.46 bits per heavy atom. The number of dihydropyridines is 1. The van der Waals surface area contributed by atoms with Crippen LogP contribution >= 0.6 is 0 Å². The van der Waals surface area contributed by atoms with Gasteiger partial charge in [-0.1, -0.05) is 54.6 Å². The molecular weight excluding hydrogens is 490 g/mol. The Balaban J connectivity index is 1.45. The van der Waals surface area contributed by atoms with Crippen LogP contribution in [0, 0.1) is 0 Å². The summed E-state index contributed by atoms with van der Waals surface area (Å²) in [6, 6.07) is 25.4. The van der Waals surface area contributed by atoms with Crippen LogP contribution in [0.3, 0.4) is 0 Å². The van der Waals surface area contributed by atoms with Crippen molar-refractivity contribution in [3.63, 3.8) is 0 Å². The molecule has 0 spiro atoms. The van der Waals surface area contributed by atoms with E-state index >= 15 is 0 Å². The van der Waals surface area contributed by atoms with E-state index in [1.54, 1.807) is 14.2 Å². The lowest BCUT2D eigenvalue weighted by molar-refractivity contribution is -0.139. The number of carbonyl (C=O) groups excluding carboxylic acids is 2. The fraction of sp³-hybridized carbons (Fsp3) is 0.273. The fourth-order valence-electron chi connectivity index (χ4n) is 5.54. The van der Waals surface area contributed by atoms with Crippen LogP contribution in [0.15, 0.2) is 101 Å². The number of hydrogen-bond acceptors (Lipinski definition) is 6. The van der Waals surface area contributed by atoms with Crippen LogP contribution in [-0.4, -0.2) is 32.6 Å². The number of allylic oxidation sites excluding steroid dienone is 3. The molecule has 1 aliphatic heterocycles. The molecule has 0 saturated carbocycles. The average Bonchev–Trinajstić information content (AvgIpc) is 2.97. The zero-order valence-corrected chi connectivity index (χ0v) is 22.5. The molecule has 3 aromatic rings.